The molecule has 2 heterocycles. The molecule has 0 bridgehead atoms. The SMILES string of the molecule is c1ccc2sc(CNc3ccc(N4CCCCC4)cc3)nc2c1. The average molecular weight is 323 g/mol. The lowest BCUT2D eigenvalue weighted by molar-refractivity contribution is 0.578. The maximum atomic E-state index is 4.67. The van der Waals surface area contributed by atoms with Crippen molar-refractivity contribution in [1.82, 2.24) is 4.98 Å². The first-order chi connectivity index (χ1) is 11.4. The number of para-hydroxylation sites is 1. The topological polar surface area (TPSA) is 28.2 Å². The third-order valence-corrected chi connectivity index (χ3v) is 5.41. The lowest BCUT2D eigenvalue weighted by Crippen LogP contribution is -2.29. The smallest absolute Gasteiger partial charge is 0.113 e. The van der Waals surface area contributed by atoms with E-state index < -0.39 is 0 Å². The zero-order valence-electron chi connectivity index (χ0n) is 13.2. The second kappa shape index (κ2) is 6.59. The van der Waals surface area contributed by atoms with Crippen molar-refractivity contribution in [3.8, 4) is 0 Å². The molecule has 0 unspecified atom stereocenters. The maximum absolute atomic E-state index is 4.67. The van der Waals surface area contributed by atoms with Crippen molar-refractivity contribution >= 4 is 32.9 Å². The standard InChI is InChI=1S/C19H21N3S/c1-4-12-22(13-5-1)16-10-8-15(9-11-16)20-14-19-21-17-6-2-3-7-18(17)23-19/h2-3,6-11,20H,1,4-5,12-14H2. The molecule has 3 aromatic rings. The summed E-state index contributed by atoms with van der Waals surface area (Å²) in [5.74, 6) is 0. The molecule has 0 amide bonds. The number of rotatable bonds is 4. The van der Waals surface area contributed by atoms with E-state index in [9.17, 15) is 0 Å². The average Bonchev–Trinajstić information content (AvgIpc) is 3.04. The summed E-state index contributed by atoms with van der Waals surface area (Å²) in [5, 5.41) is 4.61. The number of nitrogens with zero attached hydrogens (tertiary/aromatic N) is 2. The van der Waals surface area contributed by atoms with Crippen LogP contribution in [0.2, 0.25) is 0 Å². The molecule has 4 heteroatoms. The Bertz CT molecular complexity index is 740. The Balaban J connectivity index is 1.40. The third kappa shape index (κ3) is 3.32. The molecule has 1 aromatic heterocycles. The molecule has 0 aliphatic carbocycles. The molecule has 0 spiro atoms. The van der Waals surface area contributed by atoms with Gasteiger partial charge >= 0.3 is 0 Å². The molecule has 0 saturated carbocycles. The molecule has 0 radical (unpaired) electrons. The van der Waals surface area contributed by atoms with Gasteiger partial charge in [0.1, 0.15) is 5.01 Å². The summed E-state index contributed by atoms with van der Waals surface area (Å²) in [6.07, 6.45) is 4.01. The van der Waals surface area contributed by atoms with Crippen LogP contribution in [0.1, 0.15) is 24.3 Å². The molecule has 118 valence electrons. The van der Waals surface area contributed by atoms with E-state index in [0.717, 1.165) is 22.8 Å². The van der Waals surface area contributed by atoms with E-state index in [1.54, 1.807) is 11.3 Å². The summed E-state index contributed by atoms with van der Waals surface area (Å²) in [7, 11) is 0. The van der Waals surface area contributed by atoms with Crippen molar-refractivity contribution in [1.29, 1.82) is 0 Å². The van der Waals surface area contributed by atoms with E-state index in [4.69, 9.17) is 0 Å². The molecular weight excluding hydrogens is 302 g/mol. The van der Waals surface area contributed by atoms with Crippen molar-refractivity contribution < 1.29 is 0 Å². The number of hydrogen-bond donors (Lipinski definition) is 1. The quantitative estimate of drug-likeness (QED) is 0.740. The van der Waals surface area contributed by atoms with Crippen LogP contribution < -0.4 is 10.2 Å². The highest BCUT2D eigenvalue weighted by atomic mass is 32.1. The van der Waals surface area contributed by atoms with E-state index in [1.165, 1.54) is 42.7 Å². The van der Waals surface area contributed by atoms with Gasteiger partial charge in [-0.2, -0.15) is 0 Å². The number of benzene rings is 2. The summed E-state index contributed by atoms with van der Waals surface area (Å²) in [6, 6.07) is 17.1. The van der Waals surface area contributed by atoms with Crippen LogP contribution in [-0.4, -0.2) is 18.1 Å². The third-order valence-electron chi connectivity index (χ3n) is 4.37. The molecule has 1 aliphatic rings. The summed E-state index contributed by atoms with van der Waals surface area (Å²) < 4.78 is 1.25. The summed E-state index contributed by atoms with van der Waals surface area (Å²) in [6.45, 7) is 3.17. The Morgan fingerprint density at radius 3 is 2.52 bits per heavy atom. The van der Waals surface area contributed by atoms with Crippen LogP contribution in [-0.2, 0) is 6.54 Å². The van der Waals surface area contributed by atoms with Gasteiger partial charge in [0.2, 0.25) is 0 Å². The first kappa shape index (κ1) is 14.5. The molecule has 3 nitrogen and oxygen atoms in total. The van der Waals surface area contributed by atoms with Crippen LogP contribution in [0.15, 0.2) is 48.5 Å². The fourth-order valence-electron chi connectivity index (χ4n) is 3.12. The highest BCUT2D eigenvalue weighted by Gasteiger charge is 2.10. The maximum Gasteiger partial charge on any atom is 0.113 e. The van der Waals surface area contributed by atoms with Gasteiger partial charge in [-0.1, -0.05) is 12.1 Å². The second-order valence-electron chi connectivity index (χ2n) is 6.02. The lowest BCUT2D eigenvalue weighted by Gasteiger charge is -2.28. The number of thiazole rings is 1. The van der Waals surface area contributed by atoms with Crippen LogP contribution in [0.3, 0.4) is 0 Å². The normalized spacial score (nSPS) is 15.0. The second-order valence-corrected chi connectivity index (χ2v) is 7.14. The van der Waals surface area contributed by atoms with Crippen molar-refractivity contribution in [2.24, 2.45) is 0 Å². The Labute approximate surface area is 141 Å². The van der Waals surface area contributed by atoms with E-state index in [2.05, 4.69) is 57.7 Å². The predicted octanol–water partition coefficient (Wildman–Crippen LogP) is 4.90. The monoisotopic (exact) mass is 323 g/mol. The molecule has 1 fully saturated rings. The van der Waals surface area contributed by atoms with Crippen LogP contribution in [0, 0.1) is 0 Å². The Hall–Kier alpha value is -2.07. The minimum absolute atomic E-state index is 0.780. The zero-order chi connectivity index (χ0) is 15.5. The van der Waals surface area contributed by atoms with Gasteiger partial charge in [0.15, 0.2) is 0 Å². The van der Waals surface area contributed by atoms with Gasteiger partial charge in [-0.05, 0) is 55.7 Å². The van der Waals surface area contributed by atoms with Crippen LogP contribution >= 0.6 is 11.3 Å². The molecular formula is C19H21N3S. The van der Waals surface area contributed by atoms with Crippen LogP contribution in [0.25, 0.3) is 10.2 Å². The molecule has 2 aromatic carbocycles. The minimum atomic E-state index is 0.780. The zero-order valence-corrected chi connectivity index (χ0v) is 14.0. The molecule has 23 heavy (non-hydrogen) atoms. The van der Waals surface area contributed by atoms with Gasteiger partial charge in [-0.3, -0.25) is 0 Å². The first-order valence-electron chi connectivity index (χ1n) is 8.32. The first-order valence-corrected chi connectivity index (χ1v) is 9.13. The molecule has 0 atom stereocenters. The minimum Gasteiger partial charge on any atom is -0.379 e. The Kier molecular flexibility index (Phi) is 4.16. The van der Waals surface area contributed by atoms with Crippen molar-refractivity contribution in [2.75, 3.05) is 23.3 Å². The van der Waals surface area contributed by atoms with Gasteiger partial charge < -0.3 is 10.2 Å². The van der Waals surface area contributed by atoms with E-state index in [-0.39, 0.29) is 0 Å². The fraction of sp³-hybridized carbons (Fsp3) is 0.316. The van der Waals surface area contributed by atoms with Gasteiger partial charge in [0, 0.05) is 24.5 Å². The Morgan fingerprint density at radius 1 is 0.957 bits per heavy atom. The number of nitrogens with one attached hydrogen (secondary N) is 1. The molecule has 1 saturated heterocycles. The fourth-order valence-corrected chi connectivity index (χ4v) is 4.02. The van der Waals surface area contributed by atoms with E-state index >= 15 is 0 Å². The van der Waals surface area contributed by atoms with Crippen LogP contribution in [0.4, 0.5) is 11.4 Å². The van der Waals surface area contributed by atoms with Gasteiger partial charge in [-0.15, -0.1) is 11.3 Å². The van der Waals surface area contributed by atoms with Crippen molar-refractivity contribution in [2.45, 2.75) is 25.8 Å². The number of aromatic nitrogens is 1. The molecule has 1 aliphatic heterocycles. The summed E-state index contributed by atoms with van der Waals surface area (Å²) in [4.78, 5) is 7.15. The molecule has 4 rings (SSSR count). The lowest BCUT2D eigenvalue weighted by atomic mass is 10.1. The van der Waals surface area contributed by atoms with Crippen LogP contribution in [0.5, 0.6) is 0 Å². The highest BCUT2D eigenvalue weighted by Crippen LogP contribution is 2.24. The molecule has 1 N–H and O–H groups in total. The van der Waals surface area contributed by atoms with E-state index in [0.29, 0.717) is 0 Å². The van der Waals surface area contributed by atoms with Gasteiger partial charge in [0.25, 0.3) is 0 Å². The number of hydrogen-bond acceptors (Lipinski definition) is 4. The number of anilines is 2. The van der Waals surface area contributed by atoms with E-state index in [1.807, 2.05) is 6.07 Å². The van der Waals surface area contributed by atoms with Crippen molar-refractivity contribution in [3.63, 3.8) is 0 Å². The van der Waals surface area contributed by atoms with Crippen molar-refractivity contribution in [3.05, 3.63) is 53.5 Å². The number of fused-ring (bicyclic) bond motifs is 1. The Morgan fingerprint density at radius 2 is 1.74 bits per heavy atom. The predicted molar refractivity (Wildman–Crippen MR) is 99.5 cm³/mol. The summed E-state index contributed by atoms with van der Waals surface area (Å²) >= 11 is 1.76. The van der Waals surface area contributed by atoms with Gasteiger partial charge in [0.05, 0.1) is 16.8 Å². The van der Waals surface area contributed by atoms with Gasteiger partial charge in [-0.25, -0.2) is 4.98 Å². The number of piperidine rings is 1. The summed E-state index contributed by atoms with van der Waals surface area (Å²) in [5.41, 5.74) is 3.59. The largest absolute Gasteiger partial charge is 0.379 e. The highest BCUT2D eigenvalue weighted by molar-refractivity contribution is 7.18.